The van der Waals surface area contributed by atoms with E-state index in [1.807, 2.05) is 24.3 Å². The Bertz CT molecular complexity index is 324. The highest BCUT2D eigenvalue weighted by Crippen LogP contribution is 2.25. The van der Waals surface area contributed by atoms with Crippen molar-refractivity contribution < 1.29 is 4.79 Å². The number of hydrazine groups is 2. The summed E-state index contributed by atoms with van der Waals surface area (Å²) in [5.41, 5.74) is 4.22. The van der Waals surface area contributed by atoms with Gasteiger partial charge in [0.1, 0.15) is 0 Å². The number of carbonyl (C=O) groups is 1. The van der Waals surface area contributed by atoms with Crippen LogP contribution in [0.5, 0.6) is 0 Å². The second-order valence-corrected chi connectivity index (χ2v) is 2.66. The van der Waals surface area contributed by atoms with Gasteiger partial charge in [0.25, 0.3) is 0 Å². The predicted octanol–water partition coefficient (Wildman–Crippen LogP) is -0.0460. The minimum Gasteiger partial charge on any atom is -0.273 e. The maximum atomic E-state index is 11.2. The number of carbonyl (C=O) groups excluding carboxylic acids is 1. The molecule has 2 rings (SSSR count). The lowest BCUT2D eigenvalue weighted by atomic mass is 10.2. The largest absolute Gasteiger partial charge is 0.273 e. The molecule has 3 N–H and O–H groups in total. The van der Waals surface area contributed by atoms with Crippen LogP contribution < -0.4 is 16.4 Å². The van der Waals surface area contributed by atoms with Crippen LogP contribution in [0.3, 0.4) is 0 Å². The van der Waals surface area contributed by atoms with E-state index in [2.05, 4.69) is 5.53 Å². The van der Waals surface area contributed by atoms with Crippen molar-refractivity contribution in [1.29, 1.82) is 0 Å². The van der Waals surface area contributed by atoms with Crippen molar-refractivity contribution in [3.63, 3.8) is 0 Å². The van der Waals surface area contributed by atoms with Crippen LogP contribution in [-0.4, -0.2) is 5.91 Å². The van der Waals surface area contributed by atoms with Crippen LogP contribution in [0.4, 0.5) is 5.69 Å². The number of rotatable bonds is 1. The summed E-state index contributed by atoms with van der Waals surface area (Å²) in [6.45, 7) is 0. The molecule has 62 valence electrons. The van der Waals surface area contributed by atoms with E-state index in [0.717, 1.165) is 11.3 Å². The zero-order chi connectivity index (χ0) is 8.55. The van der Waals surface area contributed by atoms with E-state index in [0.29, 0.717) is 6.42 Å². The van der Waals surface area contributed by atoms with Crippen LogP contribution in [-0.2, 0) is 11.2 Å². The second kappa shape index (κ2) is 2.58. The number of benzene rings is 1. The number of hydrogen-bond acceptors (Lipinski definition) is 3. The summed E-state index contributed by atoms with van der Waals surface area (Å²) < 4.78 is 0. The number of nitrogens with two attached hydrogens (primary N) is 1. The molecule has 1 heterocycles. The van der Waals surface area contributed by atoms with E-state index in [1.54, 1.807) is 0 Å². The van der Waals surface area contributed by atoms with Crippen LogP contribution in [0, 0.1) is 0 Å². The molecule has 0 saturated carbocycles. The smallest absolute Gasteiger partial charge is 0.246 e. The fourth-order valence-electron chi connectivity index (χ4n) is 1.40. The Morgan fingerprint density at radius 3 is 2.92 bits per heavy atom. The number of nitrogens with one attached hydrogen (secondary N) is 1. The molecule has 0 radical (unpaired) electrons. The molecule has 0 unspecified atom stereocenters. The van der Waals surface area contributed by atoms with E-state index < -0.39 is 0 Å². The molecule has 1 aliphatic heterocycles. The van der Waals surface area contributed by atoms with Crippen molar-refractivity contribution in [3.8, 4) is 0 Å². The number of anilines is 1. The summed E-state index contributed by atoms with van der Waals surface area (Å²) in [5.74, 6) is 5.18. The van der Waals surface area contributed by atoms with Gasteiger partial charge in [0.2, 0.25) is 5.91 Å². The molecule has 1 aromatic carbocycles. The Labute approximate surface area is 69.9 Å². The standard InChI is InChI=1S/C8H9N3O/c9-10-11-7-4-2-1-3-6(7)5-8(11)12/h1-4,10H,5,9H2. The molecule has 4 heteroatoms. The van der Waals surface area contributed by atoms with Gasteiger partial charge in [-0.1, -0.05) is 18.2 Å². The van der Waals surface area contributed by atoms with E-state index in [4.69, 9.17) is 5.84 Å². The number of para-hydroxylation sites is 1. The fourth-order valence-corrected chi connectivity index (χ4v) is 1.40. The first kappa shape index (κ1) is 7.27. The van der Waals surface area contributed by atoms with Gasteiger partial charge in [-0.05, 0) is 11.6 Å². The number of hydrogen-bond donors (Lipinski definition) is 2. The third-order valence-electron chi connectivity index (χ3n) is 1.95. The summed E-state index contributed by atoms with van der Waals surface area (Å²) in [6.07, 6.45) is 0.431. The molecular formula is C8H9N3O. The second-order valence-electron chi connectivity index (χ2n) is 2.66. The fraction of sp³-hybridized carbons (Fsp3) is 0.125. The lowest BCUT2D eigenvalue weighted by Gasteiger charge is -2.13. The highest BCUT2D eigenvalue weighted by molar-refractivity contribution is 6.00. The van der Waals surface area contributed by atoms with Gasteiger partial charge < -0.3 is 0 Å². The van der Waals surface area contributed by atoms with Gasteiger partial charge in [-0.3, -0.25) is 10.6 Å². The summed E-state index contributed by atoms with van der Waals surface area (Å²) in [5, 5.41) is 1.36. The molecule has 0 atom stereocenters. The Hall–Kier alpha value is -1.39. The minimum absolute atomic E-state index is 0.0151. The first-order chi connectivity index (χ1) is 5.83. The monoisotopic (exact) mass is 163 g/mol. The van der Waals surface area contributed by atoms with Crippen molar-refractivity contribution in [2.45, 2.75) is 6.42 Å². The van der Waals surface area contributed by atoms with Gasteiger partial charge in [-0.25, -0.2) is 5.01 Å². The average Bonchev–Trinajstić information content (AvgIpc) is 2.40. The maximum Gasteiger partial charge on any atom is 0.246 e. The molecule has 0 aromatic heterocycles. The van der Waals surface area contributed by atoms with Gasteiger partial charge in [0.15, 0.2) is 0 Å². The zero-order valence-electron chi connectivity index (χ0n) is 6.45. The average molecular weight is 163 g/mol. The van der Waals surface area contributed by atoms with Crippen molar-refractivity contribution in [2.75, 3.05) is 5.01 Å². The SMILES string of the molecule is NNN1C(=O)Cc2ccccc21. The number of fused-ring (bicyclic) bond motifs is 1. The highest BCUT2D eigenvalue weighted by atomic mass is 16.2. The van der Waals surface area contributed by atoms with E-state index >= 15 is 0 Å². The van der Waals surface area contributed by atoms with Crippen LogP contribution in [0.25, 0.3) is 0 Å². The highest BCUT2D eigenvalue weighted by Gasteiger charge is 2.25. The lowest BCUT2D eigenvalue weighted by Crippen LogP contribution is -2.45. The van der Waals surface area contributed by atoms with Gasteiger partial charge in [0.05, 0.1) is 12.1 Å². The Kier molecular flexibility index (Phi) is 1.56. The lowest BCUT2D eigenvalue weighted by molar-refractivity contribution is -0.118. The van der Waals surface area contributed by atoms with E-state index in [1.165, 1.54) is 5.01 Å². The minimum atomic E-state index is -0.0151. The third-order valence-corrected chi connectivity index (χ3v) is 1.95. The van der Waals surface area contributed by atoms with Gasteiger partial charge >= 0.3 is 0 Å². The normalized spacial score (nSPS) is 15.1. The van der Waals surface area contributed by atoms with E-state index in [-0.39, 0.29) is 5.91 Å². The topological polar surface area (TPSA) is 58.4 Å². The predicted molar refractivity (Wildman–Crippen MR) is 45.0 cm³/mol. The molecule has 1 amide bonds. The number of amides is 1. The third kappa shape index (κ3) is 0.895. The Morgan fingerprint density at radius 1 is 1.42 bits per heavy atom. The van der Waals surface area contributed by atoms with Crippen LogP contribution >= 0.6 is 0 Å². The quantitative estimate of drug-likeness (QED) is 0.451. The van der Waals surface area contributed by atoms with Crippen molar-refractivity contribution in [1.82, 2.24) is 5.53 Å². The van der Waals surface area contributed by atoms with Crippen LogP contribution in [0.15, 0.2) is 24.3 Å². The molecular weight excluding hydrogens is 154 g/mol. The van der Waals surface area contributed by atoms with E-state index in [9.17, 15) is 4.79 Å². The van der Waals surface area contributed by atoms with Crippen molar-refractivity contribution in [3.05, 3.63) is 29.8 Å². The summed E-state index contributed by atoms with van der Waals surface area (Å²) in [4.78, 5) is 11.2. The molecule has 0 bridgehead atoms. The summed E-state index contributed by atoms with van der Waals surface area (Å²) in [7, 11) is 0. The first-order valence-electron chi connectivity index (χ1n) is 3.70. The molecule has 0 saturated heterocycles. The molecule has 0 aliphatic carbocycles. The molecule has 12 heavy (non-hydrogen) atoms. The zero-order valence-corrected chi connectivity index (χ0v) is 6.45. The molecule has 0 spiro atoms. The van der Waals surface area contributed by atoms with Crippen molar-refractivity contribution in [2.24, 2.45) is 5.84 Å². The maximum absolute atomic E-state index is 11.2. The van der Waals surface area contributed by atoms with Gasteiger partial charge in [-0.2, -0.15) is 5.53 Å². The summed E-state index contributed by atoms with van der Waals surface area (Å²) >= 11 is 0. The molecule has 0 fully saturated rings. The van der Waals surface area contributed by atoms with Crippen LogP contribution in [0.2, 0.25) is 0 Å². The first-order valence-corrected chi connectivity index (χ1v) is 3.70. The molecule has 4 nitrogen and oxygen atoms in total. The van der Waals surface area contributed by atoms with Crippen LogP contribution in [0.1, 0.15) is 5.56 Å². The Morgan fingerprint density at radius 2 is 2.17 bits per heavy atom. The van der Waals surface area contributed by atoms with Crippen molar-refractivity contribution >= 4 is 11.6 Å². The molecule has 1 aromatic rings. The molecule has 1 aliphatic rings. The van der Waals surface area contributed by atoms with Gasteiger partial charge in [-0.15, -0.1) is 0 Å². The summed E-state index contributed by atoms with van der Waals surface area (Å²) in [6, 6.07) is 7.57. The number of nitrogens with zero attached hydrogens (tertiary/aromatic N) is 1. The van der Waals surface area contributed by atoms with Gasteiger partial charge in [0, 0.05) is 0 Å². The Balaban J connectivity index is 2.47.